The standard InChI is InChI=1S/C21H15FN4O.CH4/c22-17-7-2-8-18(11-17)26-21(23)19(13-25-26)20(27)15-5-1-4-14(10-15)16-6-3-9-24-12-16;/h1-13H,23H2;1H4. The number of carbonyl (C=O) groups is 1. The van der Waals surface area contributed by atoms with E-state index < -0.39 is 5.82 Å². The van der Waals surface area contributed by atoms with Crippen LogP contribution in [0.4, 0.5) is 10.2 Å². The van der Waals surface area contributed by atoms with Gasteiger partial charge in [0.1, 0.15) is 11.6 Å². The number of nitrogens with two attached hydrogens (primary N) is 1. The van der Waals surface area contributed by atoms with Crippen molar-refractivity contribution in [3.05, 3.63) is 96.2 Å². The van der Waals surface area contributed by atoms with Crippen molar-refractivity contribution in [2.24, 2.45) is 0 Å². The lowest BCUT2D eigenvalue weighted by molar-refractivity contribution is 0.103. The molecule has 5 nitrogen and oxygen atoms in total. The number of nitrogen functional groups attached to an aromatic ring is 1. The maximum absolute atomic E-state index is 13.5. The first-order valence-electron chi connectivity index (χ1n) is 8.28. The molecular formula is C22H19FN4O. The topological polar surface area (TPSA) is 73.8 Å². The van der Waals surface area contributed by atoms with Gasteiger partial charge in [-0.15, -0.1) is 0 Å². The lowest BCUT2D eigenvalue weighted by Gasteiger charge is -2.06. The van der Waals surface area contributed by atoms with Gasteiger partial charge in [0, 0.05) is 23.5 Å². The van der Waals surface area contributed by atoms with Gasteiger partial charge in [-0.1, -0.05) is 37.8 Å². The zero-order valence-corrected chi connectivity index (χ0v) is 14.2. The molecule has 4 aromatic rings. The fraction of sp³-hybridized carbons (Fsp3) is 0.0455. The Kier molecular flexibility index (Phi) is 5.31. The van der Waals surface area contributed by atoms with E-state index in [9.17, 15) is 9.18 Å². The Morgan fingerprint density at radius 1 is 0.964 bits per heavy atom. The van der Waals surface area contributed by atoms with Gasteiger partial charge < -0.3 is 5.73 Å². The van der Waals surface area contributed by atoms with Crippen molar-refractivity contribution in [1.29, 1.82) is 0 Å². The highest BCUT2D eigenvalue weighted by Crippen LogP contribution is 2.24. The van der Waals surface area contributed by atoms with Crippen LogP contribution in [0.3, 0.4) is 0 Å². The highest BCUT2D eigenvalue weighted by atomic mass is 19.1. The van der Waals surface area contributed by atoms with Gasteiger partial charge in [0.25, 0.3) is 0 Å². The molecule has 6 heteroatoms. The van der Waals surface area contributed by atoms with E-state index in [-0.39, 0.29) is 24.6 Å². The van der Waals surface area contributed by atoms with Gasteiger partial charge in [-0.3, -0.25) is 9.78 Å². The molecule has 2 aromatic carbocycles. The first-order chi connectivity index (χ1) is 13.1. The Hall–Kier alpha value is -3.80. The number of benzene rings is 2. The molecule has 2 aromatic heterocycles. The summed E-state index contributed by atoms with van der Waals surface area (Å²) in [6, 6.07) is 16.9. The van der Waals surface area contributed by atoms with Gasteiger partial charge in [0.05, 0.1) is 17.4 Å². The van der Waals surface area contributed by atoms with E-state index in [0.717, 1.165) is 11.1 Å². The fourth-order valence-electron chi connectivity index (χ4n) is 2.88. The van der Waals surface area contributed by atoms with Crippen LogP contribution in [0.1, 0.15) is 23.3 Å². The van der Waals surface area contributed by atoms with E-state index in [1.165, 1.54) is 23.0 Å². The van der Waals surface area contributed by atoms with Gasteiger partial charge in [0.2, 0.25) is 0 Å². The van der Waals surface area contributed by atoms with Crippen LogP contribution in [0.5, 0.6) is 0 Å². The molecule has 0 fully saturated rings. The molecule has 0 unspecified atom stereocenters. The van der Waals surface area contributed by atoms with E-state index in [4.69, 9.17) is 5.73 Å². The minimum Gasteiger partial charge on any atom is -0.383 e. The number of anilines is 1. The molecule has 0 atom stereocenters. The van der Waals surface area contributed by atoms with Gasteiger partial charge in [-0.25, -0.2) is 9.07 Å². The van der Waals surface area contributed by atoms with Gasteiger partial charge >= 0.3 is 0 Å². The van der Waals surface area contributed by atoms with Crippen LogP contribution in [-0.2, 0) is 0 Å². The molecule has 0 saturated heterocycles. The van der Waals surface area contributed by atoms with Crippen molar-refractivity contribution in [2.45, 2.75) is 7.43 Å². The lowest BCUT2D eigenvalue weighted by atomic mass is 10.00. The summed E-state index contributed by atoms with van der Waals surface area (Å²) >= 11 is 0. The van der Waals surface area contributed by atoms with E-state index in [1.807, 2.05) is 24.3 Å². The summed E-state index contributed by atoms with van der Waals surface area (Å²) in [5.74, 6) is -0.488. The molecule has 140 valence electrons. The smallest absolute Gasteiger partial charge is 0.198 e. The summed E-state index contributed by atoms with van der Waals surface area (Å²) in [6.07, 6.45) is 4.83. The molecule has 4 rings (SSSR count). The highest BCUT2D eigenvalue weighted by Gasteiger charge is 2.18. The third-order valence-corrected chi connectivity index (χ3v) is 4.22. The predicted molar refractivity (Wildman–Crippen MR) is 108 cm³/mol. The number of ketones is 1. The molecule has 2 heterocycles. The van der Waals surface area contributed by atoms with Crippen molar-refractivity contribution in [1.82, 2.24) is 14.8 Å². The molecule has 0 aliphatic carbocycles. The maximum atomic E-state index is 13.5. The zero-order chi connectivity index (χ0) is 18.8. The SMILES string of the molecule is C.Nc1c(C(=O)c2cccc(-c3cccnc3)c2)cnn1-c1cccc(F)c1. The average molecular weight is 374 g/mol. The Bertz CT molecular complexity index is 1120. The minimum atomic E-state index is -0.403. The number of halogens is 1. The molecule has 0 radical (unpaired) electrons. The van der Waals surface area contributed by atoms with Gasteiger partial charge in [-0.2, -0.15) is 5.10 Å². The highest BCUT2D eigenvalue weighted by molar-refractivity contribution is 6.12. The minimum absolute atomic E-state index is 0. The number of carbonyl (C=O) groups excluding carboxylic acids is 1. The Labute approximate surface area is 162 Å². The van der Waals surface area contributed by atoms with E-state index >= 15 is 0 Å². The van der Waals surface area contributed by atoms with E-state index in [2.05, 4.69) is 10.1 Å². The Morgan fingerprint density at radius 3 is 2.50 bits per heavy atom. The summed E-state index contributed by atoms with van der Waals surface area (Å²) in [7, 11) is 0. The number of hydrogen-bond donors (Lipinski definition) is 1. The third kappa shape index (κ3) is 3.53. The Morgan fingerprint density at radius 2 is 1.75 bits per heavy atom. The third-order valence-electron chi connectivity index (χ3n) is 4.22. The van der Waals surface area contributed by atoms with Gasteiger partial charge in [-0.05, 0) is 35.9 Å². The van der Waals surface area contributed by atoms with Crippen LogP contribution in [0.25, 0.3) is 16.8 Å². The molecule has 2 N–H and O–H groups in total. The second kappa shape index (κ2) is 7.84. The second-order valence-corrected chi connectivity index (χ2v) is 5.99. The summed E-state index contributed by atoms with van der Waals surface area (Å²) < 4.78 is 14.8. The molecule has 28 heavy (non-hydrogen) atoms. The van der Waals surface area contributed by atoms with Crippen molar-refractivity contribution in [2.75, 3.05) is 5.73 Å². The monoisotopic (exact) mass is 374 g/mol. The van der Waals surface area contributed by atoms with Crippen LogP contribution in [0.2, 0.25) is 0 Å². The quantitative estimate of drug-likeness (QED) is 0.533. The van der Waals surface area contributed by atoms with Crippen molar-refractivity contribution in [3.8, 4) is 16.8 Å². The normalized spacial score (nSPS) is 10.3. The molecule has 0 aliphatic rings. The number of pyridine rings is 1. The van der Waals surface area contributed by atoms with Crippen molar-refractivity contribution in [3.63, 3.8) is 0 Å². The molecule has 0 bridgehead atoms. The van der Waals surface area contributed by atoms with Gasteiger partial charge in [0.15, 0.2) is 5.78 Å². The van der Waals surface area contributed by atoms with Crippen LogP contribution >= 0.6 is 0 Å². The molecule has 0 aliphatic heterocycles. The first kappa shape index (κ1) is 19.0. The first-order valence-corrected chi connectivity index (χ1v) is 8.28. The average Bonchev–Trinajstić information content (AvgIpc) is 3.09. The summed E-state index contributed by atoms with van der Waals surface area (Å²) in [4.78, 5) is 17.0. The Balaban J connectivity index is 0.00000225. The zero-order valence-electron chi connectivity index (χ0n) is 14.2. The molecule has 0 amide bonds. The van der Waals surface area contributed by atoms with Crippen LogP contribution in [-0.4, -0.2) is 20.5 Å². The van der Waals surface area contributed by atoms with Crippen LogP contribution < -0.4 is 5.73 Å². The molecular weight excluding hydrogens is 355 g/mol. The van der Waals surface area contributed by atoms with Crippen LogP contribution in [0, 0.1) is 5.82 Å². The fourth-order valence-corrected chi connectivity index (χ4v) is 2.88. The van der Waals surface area contributed by atoms with Crippen molar-refractivity contribution < 1.29 is 9.18 Å². The molecule has 0 saturated carbocycles. The maximum Gasteiger partial charge on any atom is 0.198 e. The van der Waals surface area contributed by atoms with Crippen molar-refractivity contribution >= 4 is 11.6 Å². The van der Waals surface area contributed by atoms with E-state index in [1.54, 1.807) is 36.7 Å². The number of hydrogen-bond acceptors (Lipinski definition) is 4. The molecule has 0 spiro atoms. The second-order valence-electron chi connectivity index (χ2n) is 5.99. The lowest BCUT2D eigenvalue weighted by Crippen LogP contribution is -2.07. The van der Waals surface area contributed by atoms with E-state index in [0.29, 0.717) is 11.3 Å². The number of rotatable bonds is 4. The van der Waals surface area contributed by atoms with Crippen LogP contribution in [0.15, 0.2) is 79.3 Å². The summed E-state index contributed by atoms with van der Waals surface area (Å²) in [6.45, 7) is 0. The largest absolute Gasteiger partial charge is 0.383 e. The predicted octanol–water partition coefficient (Wildman–Crippen LogP) is 4.52. The number of nitrogens with zero attached hydrogens (tertiary/aromatic N) is 3. The summed E-state index contributed by atoms with van der Waals surface area (Å²) in [5, 5.41) is 4.15. The number of aromatic nitrogens is 3. The summed E-state index contributed by atoms with van der Waals surface area (Å²) in [5.41, 5.74) is 9.12.